The number of anilines is 2. The van der Waals surface area contributed by atoms with Gasteiger partial charge in [-0.1, -0.05) is 0 Å². The number of alkyl halides is 3. The van der Waals surface area contributed by atoms with Gasteiger partial charge in [0.15, 0.2) is 0 Å². The molecule has 1 aliphatic rings. The molecular weight excluding hydrogens is 489 g/mol. The van der Waals surface area contributed by atoms with E-state index in [1.807, 2.05) is 0 Å². The highest BCUT2D eigenvalue weighted by Crippen LogP contribution is 2.33. The number of sulfone groups is 1. The Labute approximate surface area is 187 Å². The molecule has 33 heavy (non-hydrogen) atoms. The first-order chi connectivity index (χ1) is 15.1. The van der Waals surface area contributed by atoms with Crippen molar-refractivity contribution in [3.05, 3.63) is 48.3 Å². The third-order valence-corrected chi connectivity index (χ3v) is 6.83. The number of nitrogens with one attached hydrogen (secondary N) is 1. The molecule has 2 heterocycles. The molecule has 15 heteroatoms. The van der Waals surface area contributed by atoms with E-state index in [0.29, 0.717) is 22.6 Å². The topological polar surface area (TPSA) is 134 Å². The van der Waals surface area contributed by atoms with Gasteiger partial charge in [-0.25, -0.2) is 26.5 Å². The SMILES string of the molecule is CC1C(=O)N(c2ccc(S(=O)(=O)C(F)(F)F)cc2)C(=O)N1Cc1ccncc1NS(C)(=O)=O. The van der Waals surface area contributed by atoms with Crippen LogP contribution in [0.3, 0.4) is 0 Å². The van der Waals surface area contributed by atoms with Crippen LogP contribution in [0, 0.1) is 0 Å². The number of halogens is 3. The van der Waals surface area contributed by atoms with Crippen LogP contribution in [0.25, 0.3) is 0 Å². The first-order valence-corrected chi connectivity index (χ1v) is 12.5. The lowest BCUT2D eigenvalue weighted by Gasteiger charge is -2.21. The zero-order valence-corrected chi connectivity index (χ0v) is 18.7. The van der Waals surface area contributed by atoms with E-state index in [1.54, 1.807) is 0 Å². The number of amides is 3. The highest BCUT2D eigenvalue weighted by molar-refractivity contribution is 7.92. The van der Waals surface area contributed by atoms with Gasteiger partial charge in [-0.05, 0) is 42.8 Å². The molecule has 0 spiro atoms. The first-order valence-electron chi connectivity index (χ1n) is 9.10. The lowest BCUT2D eigenvalue weighted by Crippen LogP contribution is -2.33. The van der Waals surface area contributed by atoms with Crippen LogP contribution in [0.2, 0.25) is 0 Å². The highest BCUT2D eigenvalue weighted by atomic mass is 32.2. The van der Waals surface area contributed by atoms with Crippen molar-refractivity contribution in [1.82, 2.24) is 9.88 Å². The molecule has 1 atom stereocenters. The van der Waals surface area contributed by atoms with Gasteiger partial charge in [0.2, 0.25) is 10.0 Å². The molecule has 1 unspecified atom stereocenters. The molecular formula is C18H17F3N4O6S2. The predicted molar refractivity (Wildman–Crippen MR) is 110 cm³/mol. The fraction of sp³-hybridized carbons (Fsp3) is 0.278. The van der Waals surface area contributed by atoms with Crippen LogP contribution in [0.1, 0.15) is 12.5 Å². The van der Waals surface area contributed by atoms with Crippen molar-refractivity contribution >= 4 is 43.2 Å². The van der Waals surface area contributed by atoms with Gasteiger partial charge < -0.3 is 4.90 Å². The Morgan fingerprint density at radius 3 is 2.21 bits per heavy atom. The Morgan fingerprint density at radius 2 is 1.67 bits per heavy atom. The Bertz CT molecular complexity index is 1310. The van der Waals surface area contributed by atoms with E-state index in [4.69, 9.17) is 0 Å². The van der Waals surface area contributed by atoms with Crippen molar-refractivity contribution in [2.45, 2.75) is 29.9 Å². The van der Waals surface area contributed by atoms with E-state index < -0.39 is 48.2 Å². The smallest absolute Gasteiger partial charge is 0.308 e. The van der Waals surface area contributed by atoms with Crippen LogP contribution in [0.5, 0.6) is 0 Å². The van der Waals surface area contributed by atoms with Crippen LogP contribution in [-0.2, 0) is 31.2 Å². The number of hydrogen-bond donors (Lipinski definition) is 1. The number of rotatable bonds is 6. The number of urea groups is 1. The molecule has 1 aromatic carbocycles. The Balaban J connectivity index is 1.89. The van der Waals surface area contributed by atoms with Crippen molar-refractivity contribution in [2.75, 3.05) is 15.9 Å². The van der Waals surface area contributed by atoms with Crippen molar-refractivity contribution < 1.29 is 39.6 Å². The van der Waals surface area contributed by atoms with E-state index in [1.165, 1.54) is 25.4 Å². The van der Waals surface area contributed by atoms with Crippen molar-refractivity contribution in [1.29, 1.82) is 0 Å². The summed E-state index contributed by atoms with van der Waals surface area (Å²) in [5.74, 6) is -0.696. The number of carbonyl (C=O) groups excluding carboxylic acids is 2. The summed E-state index contributed by atoms with van der Waals surface area (Å²) in [4.78, 5) is 30.3. The summed E-state index contributed by atoms with van der Waals surface area (Å²) in [6, 6.07) is 2.81. The van der Waals surface area contributed by atoms with Crippen LogP contribution >= 0.6 is 0 Å². The summed E-state index contributed by atoms with van der Waals surface area (Å²) < 4.78 is 86.6. The lowest BCUT2D eigenvalue weighted by molar-refractivity contribution is -0.119. The number of sulfonamides is 1. The summed E-state index contributed by atoms with van der Waals surface area (Å²) in [7, 11) is -9.24. The minimum atomic E-state index is -5.59. The zero-order valence-electron chi connectivity index (χ0n) is 17.1. The van der Waals surface area contributed by atoms with Crippen molar-refractivity contribution in [2.24, 2.45) is 0 Å². The summed E-state index contributed by atoms with van der Waals surface area (Å²) in [6.45, 7) is 1.25. The van der Waals surface area contributed by atoms with Gasteiger partial charge in [0.25, 0.3) is 15.7 Å². The number of benzene rings is 1. The maximum absolute atomic E-state index is 12.9. The Morgan fingerprint density at radius 1 is 1.06 bits per heavy atom. The third-order valence-electron chi connectivity index (χ3n) is 4.74. The van der Waals surface area contributed by atoms with Gasteiger partial charge in [-0.2, -0.15) is 13.2 Å². The van der Waals surface area contributed by atoms with E-state index in [-0.39, 0.29) is 17.9 Å². The van der Waals surface area contributed by atoms with E-state index >= 15 is 0 Å². The molecule has 1 aliphatic heterocycles. The van der Waals surface area contributed by atoms with Crippen LogP contribution < -0.4 is 9.62 Å². The monoisotopic (exact) mass is 506 g/mol. The van der Waals surface area contributed by atoms with E-state index in [9.17, 15) is 39.6 Å². The van der Waals surface area contributed by atoms with E-state index in [0.717, 1.165) is 23.3 Å². The summed E-state index contributed by atoms with van der Waals surface area (Å²) in [6.07, 6.45) is 3.54. The van der Waals surface area contributed by atoms with E-state index in [2.05, 4.69) is 9.71 Å². The minimum absolute atomic E-state index is 0.104. The highest BCUT2D eigenvalue weighted by Gasteiger charge is 2.47. The second-order valence-electron chi connectivity index (χ2n) is 7.11. The molecule has 0 aliphatic carbocycles. The van der Waals surface area contributed by atoms with Crippen molar-refractivity contribution in [3.8, 4) is 0 Å². The van der Waals surface area contributed by atoms with Gasteiger partial charge in [0.1, 0.15) is 6.04 Å². The first kappa shape index (κ1) is 24.4. The number of carbonyl (C=O) groups is 2. The van der Waals surface area contributed by atoms with Crippen LogP contribution in [0.4, 0.5) is 29.3 Å². The zero-order chi connectivity index (χ0) is 24.8. The second-order valence-corrected chi connectivity index (χ2v) is 10.8. The average Bonchev–Trinajstić information content (AvgIpc) is 2.91. The minimum Gasteiger partial charge on any atom is -0.308 e. The molecule has 3 rings (SSSR count). The molecule has 3 amide bonds. The quantitative estimate of drug-likeness (QED) is 0.593. The fourth-order valence-electron chi connectivity index (χ4n) is 3.10. The van der Waals surface area contributed by atoms with Gasteiger partial charge in [0, 0.05) is 6.20 Å². The molecule has 0 radical (unpaired) electrons. The lowest BCUT2D eigenvalue weighted by atomic mass is 10.2. The molecule has 1 N–H and O–H groups in total. The normalized spacial score (nSPS) is 17.5. The maximum Gasteiger partial charge on any atom is 0.501 e. The summed E-state index contributed by atoms with van der Waals surface area (Å²) in [5.41, 5.74) is -5.17. The molecule has 0 saturated carbocycles. The van der Waals surface area contributed by atoms with Gasteiger partial charge in [-0.15, -0.1) is 0 Å². The Hall–Kier alpha value is -3.20. The molecule has 2 aromatic rings. The predicted octanol–water partition coefficient (Wildman–Crippen LogP) is 2.10. The third kappa shape index (κ3) is 4.78. The molecule has 1 saturated heterocycles. The maximum atomic E-state index is 12.9. The van der Waals surface area contributed by atoms with Gasteiger partial charge in [0.05, 0.1) is 35.3 Å². The molecule has 10 nitrogen and oxygen atoms in total. The van der Waals surface area contributed by atoms with Gasteiger partial charge in [-0.3, -0.25) is 14.5 Å². The van der Waals surface area contributed by atoms with Crippen LogP contribution in [0.15, 0.2) is 47.6 Å². The van der Waals surface area contributed by atoms with Crippen LogP contribution in [-0.4, -0.2) is 56.5 Å². The number of nitrogens with zero attached hydrogens (tertiary/aromatic N) is 3. The number of pyridine rings is 1. The average molecular weight is 506 g/mol. The summed E-state index contributed by atoms with van der Waals surface area (Å²) >= 11 is 0. The van der Waals surface area contributed by atoms with Crippen molar-refractivity contribution in [3.63, 3.8) is 0 Å². The fourth-order valence-corrected chi connectivity index (χ4v) is 4.44. The standard InChI is InChI=1S/C18H17F3N4O6S2/c1-11-16(26)25(13-3-5-14(6-4-13)33(30,31)18(19,20)21)17(27)24(11)10-12-7-8-22-9-15(12)23-32(2,28)29/h3-9,11,23H,10H2,1-2H3. The number of aromatic nitrogens is 1. The number of hydrogen-bond acceptors (Lipinski definition) is 7. The Kier molecular flexibility index (Phi) is 6.14. The molecule has 1 aromatic heterocycles. The molecule has 0 bridgehead atoms. The largest absolute Gasteiger partial charge is 0.501 e. The second kappa shape index (κ2) is 8.30. The van der Waals surface area contributed by atoms with Gasteiger partial charge >= 0.3 is 11.5 Å². The summed E-state index contributed by atoms with van der Waals surface area (Å²) in [5, 5.41) is 0. The molecule has 178 valence electrons. The number of imide groups is 1. The molecule has 1 fully saturated rings.